The predicted molar refractivity (Wildman–Crippen MR) is 56.8 cm³/mol. The fraction of sp³-hybridized carbons (Fsp3) is 0.636. The van der Waals surface area contributed by atoms with E-state index in [1.165, 1.54) is 5.56 Å². The molecule has 1 N–H and O–H groups in total. The summed E-state index contributed by atoms with van der Waals surface area (Å²) in [5.41, 5.74) is 1.56. The van der Waals surface area contributed by atoms with Gasteiger partial charge in [0.05, 0.1) is 0 Å². The summed E-state index contributed by atoms with van der Waals surface area (Å²) >= 11 is 0. The summed E-state index contributed by atoms with van der Waals surface area (Å²) in [6, 6.07) is 2.17. The van der Waals surface area contributed by atoms with Crippen LogP contribution in [0.25, 0.3) is 0 Å². The molecule has 2 nitrogen and oxygen atoms in total. The Morgan fingerprint density at radius 1 is 1.38 bits per heavy atom. The highest BCUT2D eigenvalue weighted by Gasteiger charge is 2.11. The van der Waals surface area contributed by atoms with E-state index in [9.17, 15) is 0 Å². The van der Waals surface area contributed by atoms with Gasteiger partial charge in [-0.2, -0.15) is 0 Å². The zero-order chi connectivity index (χ0) is 9.90. The molecule has 0 bridgehead atoms. The Kier molecular flexibility index (Phi) is 3.15. The first-order chi connectivity index (χ1) is 6.04. The third kappa shape index (κ3) is 2.88. The molecule has 0 atom stereocenters. The first kappa shape index (κ1) is 10.3. The Hall–Kier alpha value is -0.760. The molecule has 0 amide bonds. The van der Waals surface area contributed by atoms with Crippen LogP contribution in [0.5, 0.6) is 0 Å². The van der Waals surface area contributed by atoms with Gasteiger partial charge in [-0.05, 0) is 38.9 Å². The van der Waals surface area contributed by atoms with Crippen molar-refractivity contribution in [1.82, 2.24) is 9.88 Å². The Morgan fingerprint density at radius 3 is 2.54 bits per heavy atom. The first-order valence-corrected chi connectivity index (χ1v) is 4.92. The molecule has 0 fully saturated rings. The minimum Gasteiger partial charge on any atom is -0.349 e. The summed E-state index contributed by atoms with van der Waals surface area (Å²) in [5, 5.41) is 3.32. The van der Waals surface area contributed by atoms with Crippen molar-refractivity contribution in [2.24, 2.45) is 0 Å². The van der Waals surface area contributed by atoms with Gasteiger partial charge in [0.1, 0.15) is 0 Å². The van der Waals surface area contributed by atoms with Crippen molar-refractivity contribution < 1.29 is 0 Å². The summed E-state index contributed by atoms with van der Waals surface area (Å²) in [7, 11) is 0. The molecule has 13 heavy (non-hydrogen) atoms. The first-order valence-electron chi connectivity index (χ1n) is 4.92. The van der Waals surface area contributed by atoms with Crippen molar-refractivity contribution in [3.05, 3.63) is 24.0 Å². The van der Waals surface area contributed by atoms with Crippen LogP contribution in [0.4, 0.5) is 0 Å². The minimum absolute atomic E-state index is 0.199. The lowest BCUT2D eigenvalue weighted by Crippen LogP contribution is -2.19. The van der Waals surface area contributed by atoms with Gasteiger partial charge in [0.2, 0.25) is 0 Å². The molecule has 0 aliphatic carbocycles. The molecule has 0 radical (unpaired) electrons. The Morgan fingerprint density at radius 2 is 2.08 bits per heavy atom. The summed E-state index contributed by atoms with van der Waals surface area (Å²) in [4.78, 5) is 0. The van der Waals surface area contributed by atoms with E-state index in [0.29, 0.717) is 0 Å². The lowest BCUT2D eigenvalue weighted by Gasteiger charge is -2.20. The Bertz CT molecular complexity index is 255. The fourth-order valence-electron chi connectivity index (χ4n) is 1.23. The van der Waals surface area contributed by atoms with Gasteiger partial charge < -0.3 is 9.88 Å². The highest BCUT2D eigenvalue weighted by molar-refractivity contribution is 5.11. The molecule has 2 heteroatoms. The van der Waals surface area contributed by atoms with Crippen LogP contribution in [-0.2, 0) is 12.1 Å². The highest BCUT2D eigenvalue weighted by atomic mass is 15.0. The zero-order valence-corrected chi connectivity index (χ0v) is 9.09. The van der Waals surface area contributed by atoms with E-state index in [1.54, 1.807) is 0 Å². The monoisotopic (exact) mass is 180 g/mol. The van der Waals surface area contributed by atoms with Crippen LogP contribution in [0.15, 0.2) is 18.5 Å². The van der Waals surface area contributed by atoms with Gasteiger partial charge >= 0.3 is 0 Å². The van der Waals surface area contributed by atoms with Gasteiger partial charge in [0.15, 0.2) is 0 Å². The molecule has 0 aliphatic rings. The van der Waals surface area contributed by atoms with E-state index in [4.69, 9.17) is 0 Å². The van der Waals surface area contributed by atoms with E-state index in [0.717, 1.165) is 13.1 Å². The molecule has 0 aromatic carbocycles. The van der Waals surface area contributed by atoms with Gasteiger partial charge in [-0.15, -0.1) is 0 Å². The van der Waals surface area contributed by atoms with Gasteiger partial charge in [-0.3, -0.25) is 0 Å². The molecule has 74 valence electrons. The number of nitrogens with zero attached hydrogens (tertiary/aromatic N) is 1. The lowest BCUT2D eigenvalue weighted by molar-refractivity contribution is 0.397. The maximum absolute atomic E-state index is 3.32. The van der Waals surface area contributed by atoms with Crippen molar-refractivity contribution in [1.29, 1.82) is 0 Å². The SMILES string of the molecule is CCNCc1ccn(C(C)(C)C)c1. The fourth-order valence-corrected chi connectivity index (χ4v) is 1.23. The second kappa shape index (κ2) is 3.97. The molecule has 0 unspecified atom stereocenters. The average molecular weight is 180 g/mol. The molecule has 0 saturated heterocycles. The Labute approximate surface area is 81.0 Å². The van der Waals surface area contributed by atoms with E-state index in [2.05, 4.69) is 56.0 Å². The van der Waals surface area contributed by atoms with Crippen molar-refractivity contribution >= 4 is 0 Å². The second-order valence-corrected chi connectivity index (χ2v) is 4.38. The van der Waals surface area contributed by atoms with Gasteiger partial charge in [-0.1, -0.05) is 6.92 Å². The largest absolute Gasteiger partial charge is 0.349 e. The van der Waals surface area contributed by atoms with E-state index in [1.807, 2.05) is 0 Å². The maximum Gasteiger partial charge on any atom is 0.0355 e. The number of nitrogens with one attached hydrogen (secondary N) is 1. The van der Waals surface area contributed by atoms with Crippen LogP contribution in [-0.4, -0.2) is 11.1 Å². The van der Waals surface area contributed by atoms with Crippen molar-refractivity contribution in [2.45, 2.75) is 39.8 Å². The predicted octanol–water partition coefficient (Wildman–Crippen LogP) is 2.35. The van der Waals surface area contributed by atoms with E-state index < -0.39 is 0 Å². The van der Waals surface area contributed by atoms with Crippen LogP contribution < -0.4 is 5.32 Å². The van der Waals surface area contributed by atoms with Crippen LogP contribution in [0, 0.1) is 0 Å². The number of rotatable bonds is 3. The highest BCUT2D eigenvalue weighted by Crippen LogP contribution is 2.15. The molecule has 1 aromatic heterocycles. The zero-order valence-electron chi connectivity index (χ0n) is 9.09. The van der Waals surface area contributed by atoms with Crippen LogP contribution in [0.2, 0.25) is 0 Å². The van der Waals surface area contributed by atoms with E-state index >= 15 is 0 Å². The van der Waals surface area contributed by atoms with Crippen molar-refractivity contribution in [3.8, 4) is 0 Å². The van der Waals surface area contributed by atoms with Crippen molar-refractivity contribution in [3.63, 3.8) is 0 Å². The molecule has 0 aliphatic heterocycles. The second-order valence-electron chi connectivity index (χ2n) is 4.38. The molecule has 1 aromatic rings. The quantitative estimate of drug-likeness (QED) is 0.755. The molecular formula is C11H20N2. The molecule has 1 heterocycles. The summed E-state index contributed by atoms with van der Waals surface area (Å²) in [5.74, 6) is 0. The summed E-state index contributed by atoms with van der Waals surface area (Å²) in [6.07, 6.45) is 4.36. The average Bonchev–Trinajstić information content (AvgIpc) is 2.47. The summed E-state index contributed by atoms with van der Waals surface area (Å²) < 4.78 is 2.25. The minimum atomic E-state index is 0.199. The third-order valence-corrected chi connectivity index (χ3v) is 2.11. The maximum atomic E-state index is 3.32. The van der Waals surface area contributed by atoms with Crippen LogP contribution in [0.1, 0.15) is 33.3 Å². The molecule has 0 spiro atoms. The number of hydrogen-bond acceptors (Lipinski definition) is 1. The molecule has 0 saturated carbocycles. The summed E-state index contributed by atoms with van der Waals surface area (Å²) in [6.45, 7) is 10.8. The van der Waals surface area contributed by atoms with E-state index in [-0.39, 0.29) is 5.54 Å². The van der Waals surface area contributed by atoms with Gasteiger partial charge in [0.25, 0.3) is 0 Å². The topological polar surface area (TPSA) is 17.0 Å². The van der Waals surface area contributed by atoms with Crippen molar-refractivity contribution in [2.75, 3.05) is 6.54 Å². The number of hydrogen-bond donors (Lipinski definition) is 1. The lowest BCUT2D eigenvalue weighted by atomic mass is 10.1. The standard InChI is InChI=1S/C11H20N2/c1-5-12-8-10-6-7-13(9-10)11(2,3)4/h6-7,9,12H,5,8H2,1-4H3. The molecule has 1 rings (SSSR count). The smallest absolute Gasteiger partial charge is 0.0355 e. The van der Waals surface area contributed by atoms with Gasteiger partial charge in [-0.25, -0.2) is 0 Å². The molecular weight excluding hydrogens is 160 g/mol. The van der Waals surface area contributed by atoms with Crippen LogP contribution >= 0.6 is 0 Å². The third-order valence-electron chi connectivity index (χ3n) is 2.11. The van der Waals surface area contributed by atoms with Crippen LogP contribution in [0.3, 0.4) is 0 Å². The normalized spacial score (nSPS) is 12.0. The number of aromatic nitrogens is 1. The Balaban J connectivity index is 2.64. The van der Waals surface area contributed by atoms with Gasteiger partial charge in [0, 0.05) is 24.5 Å².